The van der Waals surface area contributed by atoms with E-state index < -0.39 is 17.4 Å². The molecule has 0 aromatic heterocycles. The monoisotopic (exact) mass is 670 g/mol. The van der Waals surface area contributed by atoms with Crippen LogP contribution in [-0.4, -0.2) is 6.88 Å². The molecular weight excluding hydrogens is 635 g/mol. The van der Waals surface area contributed by atoms with Crippen molar-refractivity contribution in [2.24, 2.45) is 0 Å². The zero-order valence-corrected chi connectivity index (χ0v) is 29.6. The van der Waals surface area contributed by atoms with E-state index in [9.17, 15) is 0 Å². The number of benzene rings is 5. The second kappa shape index (κ2) is 11.1. The summed E-state index contributed by atoms with van der Waals surface area (Å²) < 4.78 is 5.37. The van der Waals surface area contributed by atoms with E-state index in [0.717, 1.165) is 12.8 Å². The molecule has 0 amide bonds. The molecule has 0 N–H and O–H groups in total. The topological polar surface area (TPSA) is 0 Å². The SMILES string of the molecule is CCC1=Cc2ccc3ccccc3c2[CH]1[Zr]([CH3])(=[SiH2])([c]1ccccc1)[CH]1C(CC)=Cc2ccc3ccccc3c21.Cl.Cl. The van der Waals surface area contributed by atoms with Crippen LogP contribution in [0.3, 0.4) is 0 Å². The molecule has 0 bridgehead atoms. The van der Waals surface area contributed by atoms with Crippen LogP contribution in [0.2, 0.25) is 4.63 Å². The maximum absolute atomic E-state index is 4.11. The third-order valence-corrected chi connectivity index (χ3v) is 33.3. The van der Waals surface area contributed by atoms with Gasteiger partial charge in [-0.05, 0) is 0 Å². The van der Waals surface area contributed by atoms with Crippen molar-refractivity contribution in [3.63, 3.8) is 0 Å². The number of rotatable bonds is 5. The molecule has 4 heteroatoms. The van der Waals surface area contributed by atoms with Gasteiger partial charge in [0.05, 0.1) is 0 Å². The van der Waals surface area contributed by atoms with Crippen molar-refractivity contribution in [3.8, 4) is 0 Å². The quantitative estimate of drug-likeness (QED) is 0.163. The van der Waals surface area contributed by atoms with Gasteiger partial charge in [0.2, 0.25) is 0 Å². The minimum Gasteiger partial charge on any atom is -0.147 e. The van der Waals surface area contributed by atoms with E-state index in [1.807, 2.05) is 0 Å². The van der Waals surface area contributed by atoms with Crippen molar-refractivity contribution in [1.29, 1.82) is 0 Å². The molecule has 0 saturated heterocycles. The standard InChI is InChI=1S/2C15H13.C6H5.CH3.2ClH.H2Si.Zr/c2*1-2-11-9-13-8-7-12-5-3-4-6-14(12)15(13)10-11;1-2-4-6-5-3-1;;;;;/h2*3-10H,2H2,1H3;1-5H;1H3;2*1H;1H2;. The third-order valence-electron chi connectivity index (χ3n) is 10.0. The van der Waals surface area contributed by atoms with E-state index in [1.54, 1.807) is 25.5 Å². The predicted octanol–water partition coefficient (Wildman–Crippen LogP) is 9.84. The van der Waals surface area contributed by atoms with E-state index >= 15 is 0 Å². The molecule has 2 atom stereocenters. The van der Waals surface area contributed by atoms with Gasteiger partial charge >= 0.3 is 236 Å². The first-order chi connectivity index (χ1) is 18.9. The van der Waals surface area contributed by atoms with Crippen molar-refractivity contribution < 1.29 is 17.4 Å². The average molecular weight is 673 g/mol. The van der Waals surface area contributed by atoms with Crippen LogP contribution in [0.5, 0.6) is 0 Å². The second-order valence-corrected chi connectivity index (χ2v) is 38.5. The van der Waals surface area contributed by atoms with Crippen LogP contribution < -0.4 is 3.27 Å². The van der Waals surface area contributed by atoms with Gasteiger partial charge in [-0.15, -0.1) is 24.8 Å². The molecule has 0 aliphatic heterocycles. The molecule has 2 aliphatic rings. The number of allylic oxidation sites excluding steroid dienone is 2. The van der Waals surface area contributed by atoms with Crippen LogP contribution in [0.4, 0.5) is 0 Å². The maximum Gasteiger partial charge on any atom is -0.147 e. The predicted molar refractivity (Wildman–Crippen MR) is 185 cm³/mol. The fourth-order valence-corrected chi connectivity index (χ4v) is 32.5. The number of halogens is 2. The Hall–Kier alpha value is -2.22. The molecule has 0 heterocycles. The van der Waals surface area contributed by atoms with Crippen molar-refractivity contribution >= 4 is 68.7 Å². The van der Waals surface area contributed by atoms with Crippen LogP contribution in [0.25, 0.3) is 33.7 Å². The molecule has 0 fully saturated rings. The van der Waals surface area contributed by atoms with Crippen LogP contribution >= 0.6 is 24.8 Å². The van der Waals surface area contributed by atoms with E-state index in [-0.39, 0.29) is 24.8 Å². The van der Waals surface area contributed by atoms with Crippen LogP contribution in [0.1, 0.15) is 56.2 Å². The first-order valence-electron chi connectivity index (χ1n) is 14.5. The van der Waals surface area contributed by atoms with Crippen molar-refractivity contribution in [3.05, 3.63) is 137 Å². The van der Waals surface area contributed by atoms with Crippen LogP contribution in [-0.2, 0) is 17.4 Å². The molecule has 0 saturated carbocycles. The van der Waals surface area contributed by atoms with Crippen molar-refractivity contribution in [2.75, 3.05) is 0 Å². The summed E-state index contributed by atoms with van der Waals surface area (Å²) in [6, 6.07) is 39.4. The second-order valence-electron chi connectivity index (χ2n) is 12.2. The number of fused-ring (bicyclic) bond motifs is 6. The molecule has 0 radical (unpaired) electrons. The largest absolute Gasteiger partial charge is 0.147 e. The Morgan fingerprint density at radius 3 is 1.41 bits per heavy atom. The summed E-state index contributed by atoms with van der Waals surface area (Å²) in [6.07, 6.45) is 7.32. The molecule has 0 spiro atoms. The Bertz CT molecular complexity index is 1810. The maximum atomic E-state index is 2.81. The van der Waals surface area contributed by atoms with E-state index in [4.69, 9.17) is 0 Å². The van der Waals surface area contributed by atoms with Gasteiger partial charge in [0.1, 0.15) is 0 Å². The molecule has 5 aromatic carbocycles. The van der Waals surface area contributed by atoms with Gasteiger partial charge in [0, 0.05) is 0 Å². The van der Waals surface area contributed by atoms with Crippen LogP contribution in [0, 0.1) is 0 Å². The van der Waals surface area contributed by atoms with Crippen LogP contribution in [0.15, 0.2) is 114 Å². The fourth-order valence-electron chi connectivity index (χ4n) is 8.32. The minimum absolute atomic E-state index is 0. The minimum atomic E-state index is -4.11. The summed E-state index contributed by atoms with van der Waals surface area (Å²) in [4.78, 5) is 0. The average Bonchev–Trinajstić information content (AvgIpc) is 3.58. The molecule has 2 unspecified atom stereocenters. The van der Waals surface area contributed by atoms with Gasteiger partial charge in [-0.1, -0.05) is 0 Å². The number of hydrogen-bond acceptors (Lipinski definition) is 0. The first kappa shape index (κ1) is 30.2. The smallest absolute Gasteiger partial charge is 0.147 e. The Balaban J connectivity index is 0.00000169. The molecule has 5 aromatic rings. The van der Waals surface area contributed by atoms with Gasteiger partial charge in [0.15, 0.2) is 0 Å². The van der Waals surface area contributed by atoms with Gasteiger partial charge < -0.3 is 0 Å². The Labute approximate surface area is 259 Å². The Morgan fingerprint density at radius 1 is 0.561 bits per heavy atom. The first-order valence-corrected chi connectivity index (χ1v) is 26.9. The normalized spacial score (nSPS) is 17.8. The molecule has 41 heavy (non-hydrogen) atoms. The fraction of sp³-hybridized carbons (Fsp3) is 0.189. The van der Waals surface area contributed by atoms with Gasteiger partial charge in [0.25, 0.3) is 0 Å². The van der Waals surface area contributed by atoms with E-state index in [1.165, 1.54) is 32.7 Å². The van der Waals surface area contributed by atoms with Gasteiger partial charge in [-0.25, -0.2) is 0 Å². The van der Waals surface area contributed by atoms with E-state index in [2.05, 4.69) is 141 Å². The van der Waals surface area contributed by atoms with Crippen molar-refractivity contribution in [1.82, 2.24) is 0 Å². The summed E-state index contributed by atoms with van der Waals surface area (Å²) >= 11 is -4.11. The summed E-state index contributed by atoms with van der Waals surface area (Å²) in [5.41, 5.74) is 9.36. The third kappa shape index (κ3) is 4.32. The summed E-state index contributed by atoms with van der Waals surface area (Å²) in [5, 5.41) is 5.62. The Morgan fingerprint density at radius 2 is 0.976 bits per heavy atom. The van der Waals surface area contributed by atoms with E-state index in [0.29, 0.717) is 7.25 Å². The molecule has 208 valence electrons. The molecular formula is C37H38Cl2SiZr. The van der Waals surface area contributed by atoms with Gasteiger partial charge in [-0.3, -0.25) is 0 Å². The summed E-state index contributed by atoms with van der Waals surface area (Å²) in [7, 11) is 0. The zero-order chi connectivity index (χ0) is 26.8. The van der Waals surface area contributed by atoms with Crippen molar-refractivity contribution in [2.45, 2.75) is 38.6 Å². The zero-order valence-electron chi connectivity index (χ0n) is 24.1. The Kier molecular flexibility index (Phi) is 8.21. The molecule has 0 nitrogen and oxygen atoms in total. The summed E-state index contributed by atoms with van der Waals surface area (Å²) in [6.45, 7) is 7.24. The summed E-state index contributed by atoms with van der Waals surface area (Å²) in [5.74, 6) is 0. The molecule has 7 rings (SSSR count). The number of hydrogen-bond donors (Lipinski definition) is 0. The molecule has 2 aliphatic carbocycles. The van der Waals surface area contributed by atoms with Gasteiger partial charge in [-0.2, -0.15) is 0 Å².